The van der Waals surface area contributed by atoms with E-state index in [0.29, 0.717) is 55.0 Å². The summed E-state index contributed by atoms with van der Waals surface area (Å²) in [6.07, 6.45) is 6.74. The fourth-order valence-corrected chi connectivity index (χ4v) is 3.31. The summed E-state index contributed by atoms with van der Waals surface area (Å²) in [5, 5.41) is 4.57. The van der Waals surface area contributed by atoms with Crippen molar-refractivity contribution in [2.75, 3.05) is 31.2 Å². The van der Waals surface area contributed by atoms with E-state index in [2.05, 4.69) is 44.0 Å². The maximum absolute atomic E-state index is 6.04. The third kappa shape index (κ3) is 4.22. The Morgan fingerprint density at radius 3 is 2.74 bits per heavy atom. The number of anilines is 1. The summed E-state index contributed by atoms with van der Waals surface area (Å²) in [6.45, 7) is 4.73. The highest BCUT2D eigenvalue weighted by Gasteiger charge is 2.20. The molecule has 4 aromatic rings. The van der Waals surface area contributed by atoms with E-state index in [1.807, 2.05) is 12.1 Å². The molecule has 0 saturated carbocycles. The summed E-state index contributed by atoms with van der Waals surface area (Å²) in [5.41, 5.74) is 3.28. The van der Waals surface area contributed by atoms with Crippen molar-refractivity contribution in [3.63, 3.8) is 0 Å². The topological polar surface area (TPSA) is 90.5 Å². The van der Waals surface area contributed by atoms with Gasteiger partial charge in [0, 0.05) is 25.5 Å². The third-order valence-corrected chi connectivity index (χ3v) is 4.87. The lowest BCUT2D eigenvalue weighted by Gasteiger charge is -2.26. The largest absolute Gasteiger partial charge is 0.437 e. The second-order valence-corrected chi connectivity index (χ2v) is 7.13. The number of benzene rings is 1. The zero-order valence-corrected chi connectivity index (χ0v) is 17.0. The predicted molar refractivity (Wildman–Crippen MR) is 117 cm³/mol. The molecule has 3 aromatic heterocycles. The van der Waals surface area contributed by atoms with Gasteiger partial charge in [0.1, 0.15) is 12.1 Å². The van der Waals surface area contributed by atoms with Crippen LogP contribution in [0.15, 0.2) is 60.2 Å². The molecule has 9 nitrogen and oxygen atoms in total. The van der Waals surface area contributed by atoms with E-state index in [9.17, 15) is 0 Å². The number of ether oxygens (including phenoxy) is 2. The van der Waals surface area contributed by atoms with Gasteiger partial charge in [-0.3, -0.25) is 4.98 Å². The van der Waals surface area contributed by atoms with Gasteiger partial charge in [-0.1, -0.05) is 29.8 Å². The number of pyridine rings is 1. The molecule has 1 aliphatic heterocycles. The van der Waals surface area contributed by atoms with E-state index in [4.69, 9.17) is 14.5 Å². The summed E-state index contributed by atoms with van der Waals surface area (Å²) in [4.78, 5) is 20.0. The van der Waals surface area contributed by atoms with Gasteiger partial charge in [0.25, 0.3) is 5.88 Å². The summed E-state index contributed by atoms with van der Waals surface area (Å²) in [6, 6.07) is 11.7. The first-order chi connectivity index (χ1) is 15.3. The number of hydrogen-bond donors (Lipinski definition) is 0. The lowest BCUT2D eigenvalue weighted by Crippen LogP contribution is -2.37. The molecule has 5 rings (SSSR count). The lowest BCUT2D eigenvalue weighted by molar-refractivity contribution is 0.122. The van der Waals surface area contributed by atoms with Crippen LogP contribution in [0, 0.1) is 6.92 Å². The van der Waals surface area contributed by atoms with Crippen molar-refractivity contribution in [3.8, 4) is 11.6 Å². The molecule has 1 fully saturated rings. The van der Waals surface area contributed by atoms with Crippen LogP contribution in [0.1, 0.15) is 11.1 Å². The summed E-state index contributed by atoms with van der Waals surface area (Å²) >= 11 is 0. The van der Waals surface area contributed by atoms with Gasteiger partial charge in [-0.2, -0.15) is 15.1 Å². The smallest absolute Gasteiger partial charge is 0.252 e. The molecule has 31 heavy (non-hydrogen) atoms. The number of hydrogen-bond acceptors (Lipinski definition) is 8. The first-order valence-corrected chi connectivity index (χ1v) is 10.0. The Labute approximate surface area is 179 Å². The minimum Gasteiger partial charge on any atom is -0.437 e. The maximum Gasteiger partial charge on any atom is 0.252 e. The molecule has 0 atom stereocenters. The van der Waals surface area contributed by atoms with E-state index >= 15 is 0 Å². The van der Waals surface area contributed by atoms with E-state index in [1.54, 1.807) is 41.7 Å². The number of morpholine rings is 1. The van der Waals surface area contributed by atoms with Gasteiger partial charge in [-0.25, -0.2) is 9.66 Å². The van der Waals surface area contributed by atoms with Gasteiger partial charge in [0.15, 0.2) is 11.2 Å². The van der Waals surface area contributed by atoms with Crippen molar-refractivity contribution in [1.82, 2.24) is 24.6 Å². The molecule has 0 aliphatic carbocycles. The van der Waals surface area contributed by atoms with Gasteiger partial charge in [0.05, 0.1) is 19.4 Å². The van der Waals surface area contributed by atoms with Crippen LogP contribution in [0.25, 0.3) is 11.2 Å². The predicted octanol–water partition coefficient (Wildman–Crippen LogP) is 3.04. The van der Waals surface area contributed by atoms with Gasteiger partial charge < -0.3 is 14.4 Å². The molecule has 1 aromatic carbocycles. The van der Waals surface area contributed by atoms with E-state index in [0.717, 1.165) is 5.56 Å². The lowest BCUT2D eigenvalue weighted by atomic mass is 10.2. The van der Waals surface area contributed by atoms with Crippen molar-refractivity contribution < 1.29 is 9.47 Å². The van der Waals surface area contributed by atoms with Gasteiger partial charge in [0.2, 0.25) is 5.95 Å². The minimum atomic E-state index is 0.377. The SMILES string of the molecule is Cc1cccc(/C=N/n2cnc3c(Oc4ccncc4)nc(N4CCOCC4)nc32)c1. The van der Waals surface area contributed by atoms with Crippen LogP contribution in [-0.2, 0) is 4.74 Å². The Bertz CT molecular complexity index is 1220. The van der Waals surface area contributed by atoms with Crippen molar-refractivity contribution in [1.29, 1.82) is 0 Å². The summed E-state index contributed by atoms with van der Waals surface area (Å²) < 4.78 is 13.1. The molecule has 1 aliphatic rings. The van der Waals surface area contributed by atoms with E-state index < -0.39 is 0 Å². The summed E-state index contributed by atoms with van der Waals surface area (Å²) in [7, 11) is 0. The van der Waals surface area contributed by atoms with Crippen LogP contribution in [0.2, 0.25) is 0 Å². The van der Waals surface area contributed by atoms with Crippen molar-refractivity contribution in [2.24, 2.45) is 5.10 Å². The van der Waals surface area contributed by atoms with Crippen LogP contribution in [0.3, 0.4) is 0 Å². The van der Waals surface area contributed by atoms with Crippen molar-refractivity contribution in [3.05, 3.63) is 66.2 Å². The highest BCUT2D eigenvalue weighted by molar-refractivity contribution is 5.82. The third-order valence-electron chi connectivity index (χ3n) is 4.87. The Morgan fingerprint density at radius 2 is 1.94 bits per heavy atom. The summed E-state index contributed by atoms with van der Waals surface area (Å²) in [5.74, 6) is 1.57. The second kappa shape index (κ2) is 8.49. The highest BCUT2D eigenvalue weighted by atomic mass is 16.5. The fraction of sp³-hybridized carbons (Fsp3) is 0.227. The molecule has 0 spiro atoms. The molecule has 0 bridgehead atoms. The average Bonchev–Trinajstić information content (AvgIpc) is 3.22. The van der Waals surface area contributed by atoms with Gasteiger partial charge in [-0.15, -0.1) is 0 Å². The molecule has 0 N–H and O–H groups in total. The Hall–Kier alpha value is -3.85. The number of aryl methyl sites for hydroxylation is 1. The monoisotopic (exact) mass is 415 g/mol. The van der Waals surface area contributed by atoms with Crippen LogP contribution >= 0.6 is 0 Å². The maximum atomic E-state index is 6.04. The Balaban J connectivity index is 1.56. The number of aromatic nitrogens is 5. The fourth-order valence-electron chi connectivity index (χ4n) is 3.31. The van der Waals surface area contributed by atoms with E-state index in [1.165, 1.54) is 5.56 Å². The van der Waals surface area contributed by atoms with E-state index in [-0.39, 0.29) is 0 Å². The first-order valence-electron chi connectivity index (χ1n) is 10.0. The molecule has 156 valence electrons. The molecule has 1 saturated heterocycles. The average molecular weight is 415 g/mol. The zero-order chi connectivity index (χ0) is 21.0. The van der Waals surface area contributed by atoms with Gasteiger partial charge in [-0.05, 0) is 24.6 Å². The molecular formula is C22H21N7O2. The van der Waals surface area contributed by atoms with Crippen molar-refractivity contribution >= 4 is 23.3 Å². The van der Waals surface area contributed by atoms with Crippen LogP contribution < -0.4 is 9.64 Å². The molecule has 4 heterocycles. The van der Waals surface area contributed by atoms with Crippen LogP contribution in [0.4, 0.5) is 5.95 Å². The molecule has 0 amide bonds. The second-order valence-electron chi connectivity index (χ2n) is 7.13. The van der Waals surface area contributed by atoms with Crippen LogP contribution in [0.5, 0.6) is 11.6 Å². The quantitative estimate of drug-likeness (QED) is 0.463. The first kappa shape index (κ1) is 19.1. The Kier molecular flexibility index (Phi) is 5.24. The molecule has 9 heteroatoms. The molecule has 0 radical (unpaired) electrons. The minimum absolute atomic E-state index is 0.377. The van der Waals surface area contributed by atoms with Crippen molar-refractivity contribution in [2.45, 2.75) is 6.92 Å². The molecule has 0 unspecified atom stereocenters. The standard InChI is InChI=1S/C22H21N7O2/c1-16-3-2-4-17(13-16)14-25-29-15-24-19-20(29)26-22(28-9-11-30-12-10-28)27-21(19)31-18-5-7-23-8-6-18/h2-8,13-15H,9-12H2,1H3/b25-14+. The normalized spacial score (nSPS) is 14.4. The Morgan fingerprint density at radius 1 is 1.10 bits per heavy atom. The number of imidazole rings is 1. The van der Waals surface area contributed by atoms with Gasteiger partial charge >= 0.3 is 0 Å². The number of rotatable bonds is 5. The zero-order valence-electron chi connectivity index (χ0n) is 17.0. The van der Waals surface area contributed by atoms with Crippen LogP contribution in [-0.4, -0.2) is 57.1 Å². The highest BCUT2D eigenvalue weighted by Crippen LogP contribution is 2.28. The number of fused-ring (bicyclic) bond motifs is 1. The number of nitrogens with zero attached hydrogens (tertiary/aromatic N) is 7. The molecular weight excluding hydrogens is 394 g/mol.